The minimum Gasteiger partial charge on any atom is -0.370 e. The molecule has 3 heterocycles. The van der Waals surface area contributed by atoms with E-state index in [1.807, 2.05) is 6.07 Å². The molecule has 5 nitrogen and oxygen atoms in total. The lowest BCUT2D eigenvalue weighted by Crippen LogP contribution is -2.42. The SMILES string of the molecule is Cc1ccnc(C#N)c1Nc1cc2c(c(C(F)(F)F)c1)N(C)[C@@H]1CCNC[C@H]21. The summed E-state index contributed by atoms with van der Waals surface area (Å²) in [6.45, 7) is 3.24. The molecule has 0 aliphatic carbocycles. The van der Waals surface area contributed by atoms with Crippen LogP contribution >= 0.6 is 0 Å². The number of piperidine rings is 1. The lowest BCUT2D eigenvalue weighted by Gasteiger charge is -2.31. The summed E-state index contributed by atoms with van der Waals surface area (Å²) in [7, 11) is 1.75. The number of halogens is 3. The molecule has 0 unspecified atom stereocenters. The van der Waals surface area contributed by atoms with Crippen molar-refractivity contribution in [2.24, 2.45) is 0 Å². The average molecular weight is 387 g/mol. The van der Waals surface area contributed by atoms with Gasteiger partial charge in [0.25, 0.3) is 0 Å². The normalized spacial score (nSPS) is 21.1. The number of aryl methyl sites for hydroxylation is 1. The summed E-state index contributed by atoms with van der Waals surface area (Å²) in [5.74, 6) is 0.00188. The first-order chi connectivity index (χ1) is 13.3. The number of anilines is 3. The van der Waals surface area contributed by atoms with Gasteiger partial charge in [0.05, 0.1) is 16.9 Å². The van der Waals surface area contributed by atoms with Crippen molar-refractivity contribution in [3.63, 3.8) is 0 Å². The third-order valence-electron chi connectivity index (χ3n) is 5.67. The fourth-order valence-electron chi connectivity index (χ4n) is 4.36. The van der Waals surface area contributed by atoms with Gasteiger partial charge in [-0.2, -0.15) is 18.4 Å². The smallest absolute Gasteiger partial charge is 0.370 e. The van der Waals surface area contributed by atoms with Crippen molar-refractivity contribution in [3.8, 4) is 6.07 Å². The molecule has 1 fully saturated rings. The summed E-state index contributed by atoms with van der Waals surface area (Å²) < 4.78 is 41.7. The van der Waals surface area contributed by atoms with Gasteiger partial charge in [-0.3, -0.25) is 0 Å². The molecular weight excluding hydrogens is 367 g/mol. The van der Waals surface area contributed by atoms with Crippen molar-refractivity contribution in [1.82, 2.24) is 10.3 Å². The van der Waals surface area contributed by atoms with Crippen LogP contribution in [0.4, 0.5) is 30.2 Å². The molecule has 2 atom stereocenters. The van der Waals surface area contributed by atoms with Gasteiger partial charge in [-0.05, 0) is 49.2 Å². The van der Waals surface area contributed by atoms with E-state index in [9.17, 15) is 18.4 Å². The van der Waals surface area contributed by atoms with E-state index in [-0.39, 0.29) is 23.3 Å². The lowest BCUT2D eigenvalue weighted by molar-refractivity contribution is -0.137. The van der Waals surface area contributed by atoms with Crippen molar-refractivity contribution in [2.45, 2.75) is 31.5 Å². The zero-order valence-corrected chi connectivity index (χ0v) is 15.6. The Labute approximate surface area is 161 Å². The van der Waals surface area contributed by atoms with Crippen LogP contribution in [-0.4, -0.2) is 31.2 Å². The van der Waals surface area contributed by atoms with Crippen molar-refractivity contribution in [3.05, 3.63) is 46.8 Å². The first kappa shape index (κ1) is 18.6. The first-order valence-corrected chi connectivity index (χ1v) is 9.12. The van der Waals surface area contributed by atoms with E-state index in [1.54, 1.807) is 31.0 Å². The summed E-state index contributed by atoms with van der Waals surface area (Å²) in [6, 6.07) is 6.68. The van der Waals surface area contributed by atoms with Crippen LogP contribution < -0.4 is 15.5 Å². The van der Waals surface area contributed by atoms with Crippen molar-refractivity contribution in [2.75, 3.05) is 30.4 Å². The van der Waals surface area contributed by atoms with Crippen molar-refractivity contribution >= 4 is 17.1 Å². The Balaban J connectivity index is 1.85. The number of fused-ring (bicyclic) bond motifs is 3. The maximum atomic E-state index is 13.9. The minimum atomic E-state index is -4.47. The molecule has 2 N–H and O–H groups in total. The van der Waals surface area contributed by atoms with Gasteiger partial charge in [0, 0.05) is 37.4 Å². The predicted molar refractivity (Wildman–Crippen MR) is 101 cm³/mol. The van der Waals surface area contributed by atoms with Crippen molar-refractivity contribution < 1.29 is 13.2 Å². The zero-order chi connectivity index (χ0) is 20.1. The third kappa shape index (κ3) is 2.96. The molecule has 146 valence electrons. The maximum Gasteiger partial charge on any atom is 0.418 e. The van der Waals surface area contributed by atoms with Gasteiger partial charge in [-0.1, -0.05) is 0 Å². The van der Waals surface area contributed by atoms with E-state index in [4.69, 9.17) is 0 Å². The maximum absolute atomic E-state index is 13.9. The lowest BCUT2D eigenvalue weighted by atomic mass is 9.89. The number of aromatic nitrogens is 1. The highest BCUT2D eigenvalue weighted by Gasteiger charge is 2.45. The first-order valence-electron chi connectivity index (χ1n) is 9.12. The van der Waals surface area contributed by atoms with Crippen LogP contribution in [-0.2, 0) is 6.18 Å². The highest BCUT2D eigenvalue weighted by atomic mass is 19.4. The Morgan fingerprint density at radius 1 is 1.36 bits per heavy atom. The molecule has 0 saturated carbocycles. The zero-order valence-electron chi connectivity index (χ0n) is 15.6. The molecule has 2 aromatic rings. The van der Waals surface area contributed by atoms with Crippen molar-refractivity contribution in [1.29, 1.82) is 5.26 Å². The molecule has 2 aliphatic heterocycles. The standard InChI is InChI=1S/C20H20F3N5/c1-11-3-6-26-16(9-24)18(11)27-12-7-13-14-10-25-5-4-17(14)28(2)19(13)15(8-12)20(21,22)23/h3,6-8,14,17,25,27H,4-5,10H2,1-2H3/t14-,17-/m1/s1. The number of benzene rings is 1. The second-order valence-corrected chi connectivity index (χ2v) is 7.33. The largest absolute Gasteiger partial charge is 0.418 e. The molecule has 2 aliphatic rings. The van der Waals surface area contributed by atoms with Crippen LogP contribution in [0.15, 0.2) is 24.4 Å². The van der Waals surface area contributed by atoms with Gasteiger partial charge < -0.3 is 15.5 Å². The molecule has 0 spiro atoms. The van der Waals surface area contributed by atoms with E-state index in [0.29, 0.717) is 23.5 Å². The number of hydrogen-bond donors (Lipinski definition) is 2. The van der Waals surface area contributed by atoms with Crippen LogP contribution in [0.5, 0.6) is 0 Å². The molecule has 0 bridgehead atoms. The Morgan fingerprint density at radius 3 is 2.86 bits per heavy atom. The van der Waals surface area contributed by atoms with Gasteiger partial charge in [0.15, 0.2) is 5.69 Å². The van der Waals surface area contributed by atoms with E-state index < -0.39 is 11.7 Å². The van der Waals surface area contributed by atoms with Gasteiger partial charge in [0.1, 0.15) is 6.07 Å². The highest BCUT2D eigenvalue weighted by molar-refractivity contribution is 5.76. The Kier molecular flexibility index (Phi) is 4.42. The summed E-state index contributed by atoms with van der Waals surface area (Å²) in [6.07, 6.45) is -2.16. The summed E-state index contributed by atoms with van der Waals surface area (Å²) in [5.41, 5.74) is 1.96. The van der Waals surface area contributed by atoms with Crippen LogP contribution in [0.2, 0.25) is 0 Å². The Morgan fingerprint density at radius 2 is 2.14 bits per heavy atom. The topological polar surface area (TPSA) is 64.0 Å². The molecule has 1 aromatic carbocycles. The molecule has 0 amide bonds. The number of nitrogens with zero attached hydrogens (tertiary/aromatic N) is 3. The van der Waals surface area contributed by atoms with Gasteiger partial charge in [-0.15, -0.1) is 0 Å². The molecule has 1 saturated heterocycles. The van der Waals surface area contributed by atoms with E-state index in [2.05, 4.69) is 15.6 Å². The van der Waals surface area contributed by atoms with E-state index >= 15 is 0 Å². The molecule has 1 aromatic heterocycles. The number of hydrogen-bond acceptors (Lipinski definition) is 5. The fourth-order valence-corrected chi connectivity index (χ4v) is 4.36. The average Bonchev–Trinajstić information content (AvgIpc) is 2.95. The molecule has 28 heavy (non-hydrogen) atoms. The third-order valence-corrected chi connectivity index (χ3v) is 5.67. The van der Waals surface area contributed by atoms with E-state index in [1.165, 1.54) is 6.20 Å². The summed E-state index contributed by atoms with van der Waals surface area (Å²) >= 11 is 0. The Bertz CT molecular complexity index is 964. The fraction of sp³-hybridized carbons (Fsp3) is 0.400. The minimum absolute atomic E-state index is 0.00188. The second-order valence-electron chi connectivity index (χ2n) is 7.33. The van der Waals surface area contributed by atoms with E-state index in [0.717, 1.165) is 24.6 Å². The summed E-state index contributed by atoms with van der Waals surface area (Å²) in [4.78, 5) is 5.79. The predicted octanol–water partition coefficient (Wildman–Crippen LogP) is 3.92. The molecule has 4 rings (SSSR count). The Hall–Kier alpha value is -2.79. The molecule has 8 heteroatoms. The van der Waals surface area contributed by atoms with Crippen LogP contribution in [0.25, 0.3) is 0 Å². The van der Waals surface area contributed by atoms with Crippen LogP contribution in [0, 0.1) is 18.3 Å². The molecular formula is C20H20F3N5. The summed E-state index contributed by atoms with van der Waals surface area (Å²) in [5, 5.41) is 15.6. The van der Waals surface area contributed by atoms with Gasteiger partial charge >= 0.3 is 6.18 Å². The van der Waals surface area contributed by atoms with Crippen LogP contribution in [0.1, 0.15) is 34.7 Å². The number of alkyl halides is 3. The number of nitrogens with one attached hydrogen (secondary N) is 2. The van der Waals surface area contributed by atoms with Gasteiger partial charge in [-0.25, -0.2) is 4.98 Å². The molecule has 0 radical (unpaired) electrons. The van der Waals surface area contributed by atoms with Crippen LogP contribution in [0.3, 0.4) is 0 Å². The number of pyridine rings is 1. The van der Waals surface area contributed by atoms with Gasteiger partial charge in [0.2, 0.25) is 0 Å². The number of rotatable bonds is 2. The number of likely N-dealkylation sites (N-methyl/N-ethyl adjacent to an activating group) is 1. The highest BCUT2D eigenvalue weighted by Crippen LogP contribution is 2.50. The quantitative estimate of drug-likeness (QED) is 0.818. The monoisotopic (exact) mass is 387 g/mol. The number of nitriles is 1. The second kappa shape index (κ2) is 6.67.